The normalized spacial score (nSPS) is 32.2. The van der Waals surface area contributed by atoms with E-state index in [1.165, 1.54) is 37.7 Å². The number of carbonyl (C=O) groups is 1. The first-order valence-electron chi connectivity index (χ1n) is 9.50. The Labute approximate surface area is 145 Å². The predicted octanol–water partition coefficient (Wildman–Crippen LogP) is 3.41. The molecule has 2 saturated carbocycles. The first-order valence-corrected chi connectivity index (χ1v) is 9.50. The second kappa shape index (κ2) is 5.87. The highest BCUT2D eigenvalue weighted by Gasteiger charge is 2.51. The number of amides is 1. The van der Waals surface area contributed by atoms with Gasteiger partial charge in [0.25, 0.3) is 0 Å². The van der Waals surface area contributed by atoms with Crippen molar-refractivity contribution in [3.63, 3.8) is 0 Å². The minimum Gasteiger partial charge on any atom is -0.390 e. The van der Waals surface area contributed by atoms with Crippen LogP contribution in [0.15, 0.2) is 30.3 Å². The highest BCUT2D eigenvalue weighted by molar-refractivity contribution is 5.81. The van der Waals surface area contributed by atoms with E-state index in [-0.39, 0.29) is 5.92 Å². The van der Waals surface area contributed by atoms with Crippen LogP contribution in [0, 0.1) is 17.3 Å². The maximum absolute atomic E-state index is 12.4. The lowest BCUT2D eigenvalue weighted by Crippen LogP contribution is -2.62. The fourth-order valence-electron chi connectivity index (χ4n) is 5.11. The molecule has 1 aliphatic heterocycles. The Balaban J connectivity index is 1.23. The van der Waals surface area contributed by atoms with E-state index in [0.717, 1.165) is 19.0 Å². The minimum absolute atomic E-state index is 0.0757. The van der Waals surface area contributed by atoms with E-state index in [1.807, 2.05) is 6.92 Å². The molecule has 3 aliphatic rings. The van der Waals surface area contributed by atoms with Gasteiger partial charge >= 0.3 is 0 Å². The number of aliphatic hydroxyl groups is 1. The molecule has 0 radical (unpaired) electrons. The van der Waals surface area contributed by atoms with Crippen molar-refractivity contribution < 1.29 is 9.90 Å². The average molecular weight is 327 g/mol. The van der Waals surface area contributed by atoms with Crippen LogP contribution in [0.1, 0.15) is 51.0 Å². The summed E-state index contributed by atoms with van der Waals surface area (Å²) in [6.45, 7) is 3.76. The molecule has 130 valence electrons. The maximum atomic E-state index is 12.4. The Kier molecular flexibility index (Phi) is 3.95. The van der Waals surface area contributed by atoms with Gasteiger partial charge in [0, 0.05) is 24.4 Å². The largest absolute Gasteiger partial charge is 0.390 e. The van der Waals surface area contributed by atoms with E-state index in [0.29, 0.717) is 24.2 Å². The molecule has 3 heteroatoms. The predicted molar refractivity (Wildman–Crippen MR) is 94.5 cm³/mol. The lowest BCUT2D eigenvalue weighted by molar-refractivity contribution is -0.163. The van der Waals surface area contributed by atoms with Crippen molar-refractivity contribution in [3.05, 3.63) is 35.9 Å². The molecule has 0 atom stereocenters. The SMILES string of the molecule is C[C@]1(O)C[C@@H](C(=O)N2CC3(CCC(Cc4ccccc4)CC3)C2)C1. The molecular formula is C21H29NO2. The molecule has 1 aromatic rings. The molecule has 2 aliphatic carbocycles. The Morgan fingerprint density at radius 1 is 1.17 bits per heavy atom. The third-order valence-corrected chi connectivity index (χ3v) is 6.62. The van der Waals surface area contributed by atoms with E-state index >= 15 is 0 Å². The number of likely N-dealkylation sites (tertiary alicyclic amines) is 1. The molecule has 1 N–H and O–H groups in total. The fraction of sp³-hybridized carbons (Fsp3) is 0.667. The van der Waals surface area contributed by atoms with Gasteiger partial charge in [-0.15, -0.1) is 0 Å². The second-order valence-electron chi connectivity index (χ2n) is 8.93. The standard InChI is InChI=1S/C21H29NO2/c1-20(24)12-18(13-20)19(23)22-14-21(15-22)9-7-17(8-10-21)11-16-5-3-2-4-6-16/h2-6,17-18,24H,7-15H2,1H3/t18-,20+. The summed E-state index contributed by atoms with van der Waals surface area (Å²) in [5, 5.41) is 9.83. The summed E-state index contributed by atoms with van der Waals surface area (Å²) in [7, 11) is 0. The zero-order valence-electron chi connectivity index (χ0n) is 14.7. The Hall–Kier alpha value is -1.35. The summed E-state index contributed by atoms with van der Waals surface area (Å²) in [5.41, 5.74) is 1.27. The van der Waals surface area contributed by atoms with Gasteiger partial charge in [0.1, 0.15) is 0 Å². The molecule has 0 aromatic heterocycles. The van der Waals surface area contributed by atoms with Gasteiger partial charge in [-0.05, 0) is 63.4 Å². The van der Waals surface area contributed by atoms with Crippen LogP contribution in [0.25, 0.3) is 0 Å². The van der Waals surface area contributed by atoms with Gasteiger partial charge in [-0.2, -0.15) is 0 Å². The van der Waals surface area contributed by atoms with Gasteiger partial charge in [-0.1, -0.05) is 30.3 Å². The lowest BCUT2D eigenvalue weighted by atomic mass is 9.64. The molecule has 1 aromatic carbocycles. The van der Waals surface area contributed by atoms with Gasteiger partial charge in [0.2, 0.25) is 5.91 Å². The number of nitrogens with zero attached hydrogens (tertiary/aromatic N) is 1. The summed E-state index contributed by atoms with van der Waals surface area (Å²) in [4.78, 5) is 14.5. The van der Waals surface area contributed by atoms with Crippen LogP contribution in [0.3, 0.4) is 0 Å². The molecule has 4 rings (SSSR count). The van der Waals surface area contributed by atoms with Crippen LogP contribution in [0.5, 0.6) is 0 Å². The van der Waals surface area contributed by atoms with Crippen LogP contribution in [0.2, 0.25) is 0 Å². The first-order chi connectivity index (χ1) is 11.4. The monoisotopic (exact) mass is 327 g/mol. The van der Waals surface area contributed by atoms with E-state index in [1.54, 1.807) is 0 Å². The van der Waals surface area contributed by atoms with Crippen molar-refractivity contribution in [2.75, 3.05) is 13.1 Å². The fourth-order valence-corrected chi connectivity index (χ4v) is 5.11. The molecule has 1 heterocycles. The van der Waals surface area contributed by atoms with Crippen LogP contribution in [-0.2, 0) is 11.2 Å². The molecule has 1 saturated heterocycles. The summed E-state index contributed by atoms with van der Waals surface area (Å²) >= 11 is 0. The quantitative estimate of drug-likeness (QED) is 0.924. The molecule has 0 bridgehead atoms. The number of carbonyl (C=O) groups excluding carboxylic acids is 1. The molecule has 1 amide bonds. The zero-order chi connectivity index (χ0) is 16.8. The first kappa shape index (κ1) is 16.1. The van der Waals surface area contributed by atoms with Crippen LogP contribution < -0.4 is 0 Å². The van der Waals surface area contributed by atoms with Crippen molar-refractivity contribution in [2.45, 2.75) is 57.5 Å². The highest BCUT2D eigenvalue weighted by Crippen LogP contribution is 2.48. The molecule has 0 unspecified atom stereocenters. The van der Waals surface area contributed by atoms with Crippen LogP contribution in [-0.4, -0.2) is 34.6 Å². The van der Waals surface area contributed by atoms with E-state index in [2.05, 4.69) is 35.2 Å². The minimum atomic E-state index is -0.599. The van der Waals surface area contributed by atoms with E-state index in [9.17, 15) is 9.90 Å². The Morgan fingerprint density at radius 3 is 2.38 bits per heavy atom. The Morgan fingerprint density at radius 2 is 1.79 bits per heavy atom. The van der Waals surface area contributed by atoms with E-state index in [4.69, 9.17) is 0 Å². The Bertz CT molecular complexity index is 586. The van der Waals surface area contributed by atoms with Gasteiger partial charge < -0.3 is 10.0 Å². The molecule has 1 spiro atoms. The number of hydrogen-bond donors (Lipinski definition) is 1. The number of hydrogen-bond acceptors (Lipinski definition) is 2. The highest BCUT2D eigenvalue weighted by atomic mass is 16.3. The maximum Gasteiger partial charge on any atom is 0.225 e. The van der Waals surface area contributed by atoms with Crippen molar-refractivity contribution >= 4 is 5.91 Å². The lowest BCUT2D eigenvalue weighted by Gasteiger charge is -2.55. The summed E-state index contributed by atoms with van der Waals surface area (Å²) in [6.07, 6.45) is 7.65. The van der Waals surface area contributed by atoms with Gasteiger partial charge in [-0.25, -0.2) is 0 Å². The molecular weight excluding hydrogens is 298 g/mol. The second-order valence-corrected chi connectivity index (χ2v) is 8.93. The molecule has 3 nitrogen and oxygen atoms in total. The van der Waals surface area contributed by atoms with Gasteiger partial charge in [-0.3, -0.25) is 4.79 Å². The van der Waals surface area contributed by atoms with Crippen molar-refractivity contribution in [2.24, 2.45) is 17.3 Å². The smallest absolute Gasteiger partial charge is 0.225 e. The summed E-state index contributed by atoms with van der Waals surface area (Å²) in [5.74, 6) is 1.18. The van der Waals surface area contributed by atoms with Crippen molar-refractivity contribution in [1.29, 1.82) is 0 Å². The summed E-state index contributed by atoms with van der Waals surface area (Å²) in [6, 6.07) is 10.8. The third kappa shape index (κ3) is 3.11. The zero-order valence-corrected chi connectivity index (χ0v) is 14.7. The van der Waals surface area contributed by atoms with Gasteiger partial charge in [0.05, 0.1) is 5.60 Å². The molecule has 3 fully saturated rings. The van der Waals surface area contributed by atoms with Crippen molar-refractivity contribution in [3.8, 4) is 0 Å². The summed E-state index contributed by atoms with van der Waals surface area (Å²) < 4.78 is 0. The van der Waals surface area contributed by atoms with Gasteiger partial charge in [0.15, 0.2) is 0 Å². The third-order valence-electron chi connectivity index (χ3n) is 6.62. The number of rotatable bonds is 3. The topological polar surface area (TPSA) is 40.5 Å². The van der Waals surface area contributed by atoms with E-state index < -0.39 is 5.60 Å². The number of benzene rings is 1. The van der Waals surface area contributed by atoms with Crippen LogP contribution in [0.4, 0.5) is 0 Å². The average Bonchev–Trinajstić information content (AvgIpc) is 2.52. The van der Waals surface area contributed by atoms with Crippen molar-refractivity contribution in [1.82, 2.24) is 4.90 Å². The van der Waals surface area contributed by atoms with Crippen LogP contribution >= 0.6 is 0 Å². The molecule has 24 heavy (non-hydrogen) atoms.